The summed E-state index contributed by atoms with van der Waals surface area (Å²) in [7, 11) is 1.35. The molecule has 0 aliphatic carbocycles. The third-order valence-corrected chi connectivity index (χ3v) is 3.52. The standard InChI is InChI=1S/C17H16N2O3/c1-12-14(18-16-9-5-6-10-19(12)16)11-22-15-8-4-3-7-13(15)17(20)21-2/h3-10H,11H2,1-2H3. The minimum atomic E-state index is -0.415. The molecule has 2 heterocycles. The van der Waals surface area contributed by atoms with E-state index in [4.69, 9.17) is 9.47 Å². The third kappa shape index (κ3) is 2.53. The van der Waals surface area contributed by atoms with Crippen LogP contribution in [0.3, 0.4) is 0 Å². The first-order chi connectivity index (χ1) is 10.7. The van der Waals surface area contributed by atoms with E-state index in [9.17, 15) is 4.79 Å². The van der Waals surface area contributed by atoms with Crippen molar-refractivity contribution in [2.75, 3.05) is 7.11 Å². The van der Waals surface area contributed by atoms with Crippen molar-refractivity contribution in [2.45, 2.75) is 13.5 Å². The molecule has 0 aliphatic rings. The first-order valence-corrected chi connectivity index (χ1v) is 6.93. The topological polar surface area (TPSA) is 52.8 Å². The lowest BCUT2D eigenvalue weighted by molar-refractivity contribution is 0.0595. The van der Waals surface area contributed by atoms with Crippen molar-refractivity contribution in [1.29, 1.82) is 0 Å². The van der Waals surface area contributed by atoms with Gasteiger partial charge in [0.05, 0.1) is 12.8 Å². The van der Waals surface area contributed by atoms with Crippen LogP contribution in [0.1, 0.15) is 21.7 Å². The van der Waals surface area contributed by atoms with Crippen LogP contribution < -0.4 is 4.74 Å². The molecule has 112 valence electrons. The van der Waals surface area contributed by atoms with Gasteiger partial charge in [0.1, 0.15) is 23.6 Å². The molecule has 0 fully saturated rings. The van der Waals surface area contributed by atoms with Crippen LogP contribution in [-0.2, 0) is 11.3 Å². The number of carbonyl (C=O) groups excluding carboxylic acids is 1. The summed E-state index contributed by atoms with van der Waals surface area (Å²) < 4.78 is 12.5. The zero-order valence-corrected chi connectivity index (χ0v) is 12.4. The van der Waals surface area contributed by atoms with E-state index in [1.165, 1.54) is 7.11 Å². The molecule has 5 nitrogen and oxygen atoms in total. The van der Waals surface area contributed by atoms with Gasteiger partial charge in [-0.05, 0) is 31.2 Å². The zero-order valence-electron chi connectivity index (χ0n) is 12.4. The molecule has 0 N–H and O–H groups in total. The summed E-state index contributed by atoms with van der Waals surface area (Å²) in [6.07, 6.45) is 1.96. The summed E-state index contributed by atoms with van der Waals surface area (Å²) in [5.74, 6) is 0.0770. The van der Waals surface area contributed by atoms with Crippen LogP contribution in [0.15, 0.2) is 48.7 Å². The van der Waals surface area contributed by atoms with Crippen molar-refractivity contribution in [1.82, 2.24) is 9.38 Å². The first kappa shape index (κ1) is 14.1. The molecule has 0 aliphatic heterocycles. The molecule has 0 amide bonds. The number of pyridine rings is 1. The Hall–Kier alpha value is -2.82. The zero-order chi connectivity index (χ0) is 15.5. The van der Waals surface area contributed by atoms with E-state index in [2.05, 4.69) is 4.98 Å². The second-order valence-corrected chi connectivity index (χ2v) is 4.85. The summed E-state index contributed by atoms with van der Waals surface area (Å²) in [5, 5.41) is 0. The van der Waals surface area contributed by atoms with E-state index in [1.807, 2.05) is 41.8 Å². The summed E-state index contributed by atoms with van der Waals surface area (Å²) in [6.45, 7) is 2.28. The lowest BCUT2D eigenvalue weighted by Gasteiger charge is -2.09. The van der Waals surface area contributed by atoms with E-state index in [0.29, 0.717) is 17.9 Å². The SMILES string of the molecule is COC(=O)c1ccccc1OCc1nc2ccccn2c1C. The summed E-state index contributed by atoms with van der Waals surface area (Å²) in [6, 6.07) is 12.9. The number of hydrogen-bond donors (Lipinski definition) is 0. The number of para-hydroxylation sites is 1. The molecule has 0 unspecified atom stereocenters. The van der Waals surface area contributed by atoms with Gasteiger partial charge in [-0.2, -0.15) is 0 Å². The maximum absolute atomic E-state index is 11.7. The minimum absolute atomic E-state index is 0.293. The van der Waals surface area contributed by atoms with Crippen LogP contribution in [0.2, 0.25) is 0 Å². The fourth-order valence-electron chi connectivity index (χ4n) is 2.32. The second kappa shape index (κ2) is 5.89. The molecule has 0 radical (unpaired) electrons. The number of imidazole rings is 1. The molecule has 3 aromatic rings. The molecular formula is C17H16N2O3. The first-order valence-electron chi connectivity index (χ1n) is 6.93. The molecular weight excluding hydrogens is 280 g/mol. The lowest BCUT2D eigenvalue weighted by atomic mass is 10.2. The second-order valence-electron chi connectivity index (χ2n) is 4.85. The number of ether oxygens (including phenoxy) is 2. The summed E-state index contributed by atoms with van der Waals surface area (Å²) in [5.41, 5.74) is 3.14. The van der Waals surface area contributed by atoms with Gasteiger partial charge in [-0.1, -0.05) is 18.2 Å². The van der Waals surface area contributed by atoms with Crippen LogP contribution in [0, 0.1) is 6.92 Å². The number of hydrogen-bond acceptors (Lipinski definition) is 4. The number of aryl methyl sites for hydroxylation is 1. The van der Waals surface area contributed by atoms with E-state index in [0.717, 1.165) is 17.0 Å². The van der Waals surface area contributed by atoms with Crippen LogP contribution in [0.5, 0.6) is 5.75 Å². The predicted octanol–water partition coefficient (Wildman–Crippen LogP) is 3.01. The van der Waals surface area contributed by atoms with Crippen molar-refractivity contribution < 1.29 is 14.3 Å². The fraction of sp³-hybridized carbons (Fsp3) is 0.176. The number of esters is 1. The Morgan fingerprint density at radius 2 is 1.95 bits per heavy atom. The van der Waals surface area contributed by atoms with Gasteiger partial charge in [-0.15, -0.1) is 0 Å². The summed E-state index contributed by atoms with van der Waals surface area (Å²) in [4.78, 5) is 16.3. The Balaban J connectivity index is 1.86. The van der Waals surface area contributed by atoms with Crippen molar-refractivity contribution in [3.63, 3.8) is 0 Å². The molecule has 22 heavy (non-hydrogen) atoms. The maximum Gasteiger partial charge on any atom is 0.341 e. The van der Waals surface area contributed by atoms with E-state index in [1.54, 1.807) is 18.2 Å². The Kier molecular flexibility index (Phi) is 3.78. The lowest BCUT2D eigenvalue weighted by Crippen LogP contribution is -2.06. The Morgan fingerprint density at radius 1 is 1.18 bits per heavy atom. The number of fused-ring (bicyclic) bond motifs is 1. The van der Waals surface area contributed by atoms with Crippen LogP contribution >= 0.6 is 0 Å². The van der Waals surface area contributed by atoms with Gasteiger partial charge in [0, 0.05) is 11.9 Å². The van der Waals surface area contributed by atoms with Gasteiger partial charge in [-0.3, -0.25) is 0 Å². The van der Waals surface area contributed by atoms with Crippen LogP contribution in [0.25, 0.3) is 5.65 Å². The number of aromatic nitrogens is 2. The molecule has 1 aromatic carbocycles. The molecule has 0 spiro atoms. The molecule has 2 aromatic heterocycles. The minimum Gasteiger partial charge on any atom is -0.486 e. The normalized spacial score (nSPS) is 10.6. The molecule has 3 rings (SSSR count). The highest BCUT2D eigenvalue weighted by Crippen LogP contribution is 2.21. The quantitative estimate of drug-likeness (QED) is 0.694. The van der Waals surface area contributed by atoms with Gasteiger partial charge in [-0.25, -0.2) is 9.78 Å². The van der Waals surface area contributed by atoms with E-state index < -0.39 is 5.97 Å². The Morgan fingerprint density at radius 3 is 2.73 bits per heavy atom. The fourth-order valence-corrected chi connectivity index (χ4v) is 2.32. The number of methoxy groups -OCH3 is 1. The van der Waals surface area contributed by atoms with Gasteiger partial charge in [0.25, 0.3) is 0 Å². The van der Waals surface area contributed by atoms with Crippen LogP contribution in [0.4, 0.5) is 0 Å². The average Bonchev–Trinajstić information content (AvgIpc) is 2.89. The van der Waals surface area contributed by atoms with E-state index >= 15 is 0 Å². The van der Waals surface area contributed by atoms with Crippen LogP contribution in [-0.4, -0.2) is 22.5 Å². The number of benzene rings is 1. The highest BCUT2D eigenvalue weighted by Gasteiger charge is 2.14. The van der Waals surface area contributed by atoms with Gasteiger partial charge >= 0.3 is 5.97 Å². The van der Waals surface area contributed by atoms with Crippen molar-refractivity contribution in [2.24, 2.45) is 0 Å². The molecule has 5 heteroatoms. The van der Waals surface area contributed by atoms with Gasteiger partial charge in [0.2, 0.25) is 0 Å². The largest absolute Gasteiger partial charge is 0.486 e. The highest BCUT2D eigenvalue weighted by atomic mass is 16.5. The maximum atomic E-state index is 11.7. The molecule has 0 atom stereocenters. The Labute approximate surface area is 128 Å². The van der Waals surface area contributed by atoms with Gasteiger partial charge < -0.3 is 13.9 Å². The monoisotopic (exact) mass is 296 g/mol. The number of rotatable bonds is 4. The molecule has 0 saturated carbocycles. The van der Waals surface area contributed by atoms with Crippen molar-refractivity contribution in [3.8, 4) is 5.75 Å². The van der Waals surface area contributed by atoms with E-state index in [-0.39, 0.29) is 0 Å². The number of nitrogens with zero attached hydrogens (tertiary/aromatic N) is 2. The predicted molar refractivity (Wildman–Crippen MR) is 82.0 cm³/mol. The summed E-state index contributed by atoms with van der Waals surface area (Å²) >= 11 is 0. The van der Waals surface area contributed by atoms with Crippen molar-refractivity contribution >= 4 is 11.6 Å². The molecule has 0 saturated heterocycles. The van der Waals surface area contributed by atoms with Gasteiger partial charge in [0.15, 0.2) is 0 Å². The van der Waals surface area contributed by atoms with Crippen molar-refractivity contribution in [3.05, 3.63) is 65.6 Å². The average molecular weight is 296 g/mol. The highest BCUT2D eigenvalue weighted by molar-refractivity contribution is 5.92. The molecule has 0 bridgehead atoms. The smallest absolute Gasteiger partial charge is 0.341 e. The Bertz CT molecular complexity index is 824. The number of carbonyl (C=O) groups is 1. The third-order valence-electron chi connectivity index (χ3n) is 3.52.